The molecule has 2 N–H and O–H groups in total. The molecule has 0 spiro atoms. The molecule has 0 radical (unpaired) electrons. The first-order valence-corrected chi connectivity index (χ1v) is 9.56. The average Bonchev–Trinajstić information content (AvgIpc) is 2.79. The zero-order valence-electron chi connectivity index (χ0n) is 16.8. The fraction of sp³-hybridized carbons (Fsp3) is 0.125. The van der Waals surface area contributed by atoms with Crippen LogP contribution in [0.2, 0.25) is 0 Å². The van der Waals surface area contributed by atoms with Crippen LogP contribution in [0.3, 0.4) is 0 Å². The summed E-state index contributed by atoms with van der Waals surface area (Å²) < 4.78 is 10.7. The molecule has 0 unspecified atom stereocenters. The quantitative estimate of drug-likeness (QED) is 0.420. The van der Waals surface area contributed by atoms with Crippen molar-refractivity contribution in [2.24, 2.45) is 0 Å². The van der Waals surface area contributed by atoms with Gasteiger partial charge in [0.05, 0.1) is 17.2 Å². The molecule has 7 nitrogen and oxygen atoms in total. The first-order valence-electron chi connectivity index (χ1n) is 9.56. The van der Waals surface area contributed by atoms with Gasteiger partial charge in [-0.15, -0.1) is 0 Å². The molecular weight excluding hydrogens is 398 g/mol. The number of nitrogens with one attached hydrogen (secondary N) is 1. The maximum Gasteiger partial charge on any atom is 0.412 e. The Labute approximate surface area is 179 Å². The largest absolute Gasteiger partial charge is 0.481 e. The van der Waals surface area contributed by atoms with E-state index < -0.39 is 23.9 Å². The molecule has 0 aromatic heterocycles. The Balaban J connectivity index is 1.84. The van der Waals surface area contributed by atoms with Crippen LogP contribution in [0.4, 0.5) is 10.5 Å². The minimum Gasteiger partial charge on any atom is -0.481 e. The first-order chi connectivity index (χ1) is 15.0. The number of hydrogen-bond donors (Lipinski definition) is 2. The van der Waals surface area contributed by atoms with E-state index in [0.29, 0.717) is 0 Å². The Kier molecular flexibility index (Phi) is 7.01. The summed E-state index contributed by atoms with van der Waals surface area (Å²) in [5, 5.41) is 12.0. The molecule has 0 heterocycles. The summed E-state index contributed by atoms with van der Waals surface area (Å²) in [5.74, 6) is -2.78. The van der Waals surface area contributed by atoms with Crippen molar-refractivity contribution >= 4 is 23.7 Å². The molecule has 1 atom stereocenters. The molecule has 0 aliphatic heterocycles. The van der Waals surface area contributed by atoms with E-state index in [0.717, 1.165) is 5.56 Å². The van der Waals surface area contributed by atoms with Gasteiger partial charge < -0.3 is 14.6 Å². The number of ether oxygens (including phenoxy) is 2. The molecule has 3 aromatic rings. The maximum absolute atomic E-state index is 12.6. The van der Waals surface area contributed by atoms with Crippen molar-refractivity contribution in [2.75, 3.05) is 5.32 Å². The molecule has 7 heteroatoms. The molecule has 0 aliphatic rings. The number of carboxylic acid groups (broad SMARTS) is 1. The minimum absolute atomic E-state index is 0.0390. The number of para-hydroxylation sites is 1. The van der Waals surface area contributed by atoms with Gasteiger partial charge in [-0.1, -0.05) is 60.7 Å². The zero-order chi connectivity index (χ0) is 22.2. The van der Waals surface area contributed by atoms with Crippen LogP contribution in [-0.2, 0) is 16.1 Å². The van der Waals surface area contributed by atoms with Crippen molar-refractivity contribution in [3.8, 4) is 5.75 Å². The highest BCUT2D eigenvalue weighted by Gasteiger charge is 2.24. The third-order valence-electron chi connectivity index (χ3n) is 4.54. The monoisotopic (exact) mass is 419 g/mol. The number of anilines is 1. The van der Waals surface area contributed by atoms with Crippen LogP contribution in [0.15, 0.2) is 78.9 Å². The van der Waals surface area contributed by atoms with Gasteiger partial charge >= 0.3 is 18.0 Å². The van der Waals surface area contributed by atoms with Gasteiger partial charge in [0.1, 0.15) is 6.61 Å². The third-order valence-corrected chi connectivity index (χ3v) is 4.54. The van der Waals surface area contributed by atoms with Crippen molar-refractivity contribution < 1.29 is 29.0 Å². The Morgan fingerprint density at radius 1 is 0.903 bits per heavy atom. The van der Waals surface area contributed by atoms with E-state index in [-0.39, 0.29) is 29.2 Å². The molecular formula is C24H21NO6. The molecule has 3 rings (SSSR count). The number of esters is 1. The lowest BCUT2D eigenvalue weighted by Crippen LogP contribution is -2.18. The highest BCUT2D eigenvalue weighted by molar-refractivity contribution is 5.94. The molecule has 1 amide bonds. The number of amides is 1. The summed E-state index contributed by atoms with van der Waals surface area (Å²) >= 11 is 0. The summed E-state index contributed by atoms with van der Waals surface area (Å²) in [6.45, 7) is 1.52. The molecule has 0 bridgehead atoms. The van der Waals surface area contributed by atoms with E-state index in [1.807, 2.05) is 30.3 Å². The molecule has 0 saturated heterocycles. The third kappa shape index (κ3) is 5.70. The second kappa shape index (κ2) is 10.1. The van der Waals surface area contributed by atoms with E-state index in [9.17, 15) is 19.5 Å². The van der Waals surface area contributed by atoms with Crippen LogP contribution in [0.25, 0.3) is 0 Å². The Morgan fingerprint density at radius 2 is 1.55 bits per heavy atom. The van der Waals surface area contributed by atoms with Crippen molar-refractivity contribution in [2.45, 2.75) is 19.4 Å². The number of benzene rings is 3. The number of rotatable bonds is 7. The SMILES string of the molecule is C[C@@H](C(=O)O)c1cccc(NC(=O)OCc2ccccc2)c1OC(=O)c1ccccc1. The number of aliphatic carboxylic acids is 1. The van der Waals surface area contributed by atoms with Gasteiger partial charge in [0, 0.05) is 5.56 Å². The summed E-state index contributed by atoms with van der Waals surface area (Å²) in [7, 11) is 0. The predicted molar refractivity (Wildman–Crippen MR) is 114 cm³/mol. The molecule has 0 saturated carbocycles. The fourth-order valence-corrected chi connectivity index (χ4v) is 2.84. The van der Waals surface area contributed by atoms with Crippen LogP contribution in [0.5, 0.6) is 5.75 Å². The number of hydrogen-bond acceptors (Lipinski definition) is 5. The van der Waals surface area contributed by atoms with Gasteiger partial charge in [-0.05, 0) is 30.7 Å². The van der Waals surface area contributed by atoms with Crippen LogP contribution in [-0.4, -0.2) is 23.1 Å². The van der Waals surface area contributed by atoms with E-state index in [1.54, 1.807) is 36.4 Å². The van der Waals surface area contributed by atoms with Gasteiger partial charge in [-0.2, -0.15) is 0 Å². The zero-order valence-corrected chi connectivity index (χ0v) is 16.8. The Morgan fingerprint density at radius 3 is 2.19 bits per heavy atom. The lowest BCUT2D eigenvalue weighted by atomic mass is 9.99. The summed E-state index contributed by atoms with van der Waals surface area (Å²) in [5.41, 5.74) is 1.48. The molecule has 3 aromatic carbocycles. The highest BCUT2D eigenvalue weighted by atomic mass is 16.6. The number of carboxylic acids is 1. The summed E-state index contributed by atoms with van der Waals surface area (Å²) in [6, 6.07) is 22.0. The van der Waals surface area contributed by atoms with Crippen molar-refractivity contribution in [1.82, 2.24) is 0 Å². The Bertz CT molecular complexity index is 1070. The lowest BCUT2D eigenvalue weighted by Gasteiger charge is -2.17. The van der Waals surface area contributed by atoms with E-state index in [2.05, 4.69) is 5.32 Å². The topological polar surface area (TPSA) is 102 Å². The first kappa shape index (κ1) is 21.6. The van der Waals surface area contributed by atoms with Gasteiger partial charge in [-0.25, -0.2) is 9.59 Å². The van der Waals surface area contributed by atoms with Crippen LogP contribution >= 0.6 is 0 Å². The molecule has 158 valence electrons. The standard InChI is InChI=1S/C24H21NO6/c1-16(22(26)27)19-13-8-14-20(21(19)31-23(28)18-11-6-3-7-12-18)25-24(29)30-15-17-9-4-2-5-10-17/h2-14,16H,15H2,1H3,(H,25,29)(H,26,27)/t16-/m1/s1. The van der Waals surface area contributed by atoms with E-state index >= 15 is 0 Å². The lowest BCUT2D eigenvalue weighted by molar-refractivity contribution is -0.138. The van der Waals surface area contributed by atoms with Crippen molar-refractivity contribution in [3.63, 3.8) is 0 Å². The number of carbonyl (C=O) groups is 3. The molecule has 0 fully saturated rings. The predicted octanol–water partition coefficient (Wildman–Crippen LogP) is 4.84. The van der Waals surface area contributed by atoms with Gasteiger partial charge in [0.15, 0.2) is 5.75 Å². The molecule has 0 aliphatic carbocycles. The van der Waals surface area contributed by atoms with Crippen molar-refractivity contribution in [3.05, 3.63) is 95.6 Å². The van der Waals surface area contributed by atoms with Gasteiger partial charge in [0.2, 0.25) is 0 Å². The average molecular weight is 419 g/mol. The van der Waals surface area contributed by atoms with E-state index in [1.165, 1.54) is 19.1 Å². The highest BCUT2D eigenvalue weighted by Crippen LogP contribution is 2.35. The Hall–Kier alpha value is -4.13. The van der Waals surface area contributed by atoms with Crippen LogP contribution in [0, 0.1) is 0 Å². The van der Waals surface area contributed by atoms with E-state index in [4.69, 9.17) is 9.47 Å². The smallest absolute Gasteiger partial charge is 0.412 e. The summed E-state index contributed by atoms with van der Waals surface area (Å²) in [4.78, 5) is 36.5. The number of carbonyl (C=O) groups excluding carboxylic acids is 2. The second-order valence-corrected chi connectivity index (χ2v) is 6.73. The normalized spacial score (nSPS) is 11.3. The van der Waals surface area contributed by atoms with Crippen LogP contribution < -0.4 is 10.1 Å². The second-order valence-electron chi connectivity index (χ2n) is 6.73. The van der Waals surface area contributed by atoms with Crippen LogP contribution in [0.1, 0.15) is 34.3 Å². The van der Waals surface area contributed by atoms with Crippen molar-refractivity contribution in [1.29, 1.82) is 0 Å². The van der Waals surface area contributed by atoms with Gasteiger partial charge in [-0.3, -0.25) is 10.1 Å². The summed E-state index contributed by atoms with van der Waals surface area (Å²) in [6.07, 6.45) is -0.763. The minimum atomic E-state index is -1.10. The molecule has 31 heavy (non-hydrogen) atoms. The van der Waals surface area contributed by atoms with Gasteiger partial charge in [0.25, 0.3) is 0 Å². The fourth-order valence-electron chi connectivity index (χ4n) is 2.84. The maximum atomic E-state index is 12.6.